The van der Waals surface area contributed by atoms with E-state index in [4.69, 9.17) is 4.74 Å². The molecule has 0 spiro atoms. The highest BCUT2D eigenvalue weighted by Crippen LogP contribution is 2.27. The maximum Gasteiger partial charge on any atom is 0.164 e. The van der Waals surface area contributed by atoms with Gasteiger partial charge in [0.25, 0.3) is 0 Å². The molecule has 0 aromatic carbocycles. The quantitative estimate of drug-likeness (QED) is 0.845. The summed E-state index contributed by atoms with van der Waals surface area (Å²) in [5.41, 5.74) is 1.72. The zero-order valence-corrected chi connectivity index (χ0v) is 14.5. The van der Waals surface area contributed by atoms with Crippen molar-refractivity contribution in [3.8, 4) is 0 Å². The number of hydrogen-bond donors (Lipinski definition) is 0. The van der Waals surface area contributed by atoms with Crippen molar-refractivity contribution in [1.29, 1.82) is 0 Å². The number of rotatable bonds is 4. The predicted molar refractivity (Wildman–Crippen MR) is 92.8 cm³/mol. The molecule has 2 aliphatic rings. The fourth-order valence-corrected chi connectivity index (χ4v) is 3.86. The van der Waals surface area contributed by atoms with Gasteiger partial charge in [0.1, 0.15) is 0 Å². The van der Waals surface area contributed by atoms with E-state index in [9.17, 15) is 4.39 Å². The van der Waals surface area contributed by atoms with Gasteiger partial charge >= 0.3 is 0 Å². The molecule has 4 heterocycles. The van der Waals surface area contributed by atoms with Crippen LogP contribution in [0.5, 0.6) is 0 Å². The largest absolute Gasteiger partial charge is 0.379 e. The zero-order valence-electron chi connectivity index (χ0n) is 14.5. The van der Waals surface area contributed by atoms with Crippen molar-refractivity contribution in [2.24, 2.45) is 5.92 Å². The van der Waals surface area contributed by atoms with Crippen LogP contribution in [0.15, 0.2) is 30.7 Å². The third kappa shape index (κ3) is 3.52. The SMILES string of the molecule is CCn1ccc(CN2C[C@@H]3COC[C@H](C2)N(c2ccncc2F)C3)n1. The fraction of sp³-hybridized carbons (Fsp3) is 0.556. The first kappa shape index (κ1) is 16.5. The Morgan fingerprint density at radius 3 is 2.96 bits per heavy atom. The van der Waals surface area contributed by atoms with Gasteiger partial charge in [-0.15, -0.1) is 0 Å². The number of aromatic nitrogens is 3. The molecule has 2 aromatic rings. The number of hydrogen-bond acceptors (Lipinski definition) is 5. The average Bonchev–Trinajstić information content (AvgIpc) is 2.86. The molecule has 4 rings (SSSR count). The standard InChI is InChI=1S/C18H24FN5O/c1-2-23-6-4-15(21-23)10-22-8-14-9-24(16(11-22)13-25-12-14)18-3-5-20-7-17(18)19/h3-7,14,16H,2,8-13H2,1H3/t14-,16-/m0/s1. The molecule has 7 heteroatoms. The van der Waals surface area contributed by atoms with Crippen LogP contribution in [0.1, 0.15) is 12.6 Å². The summed E-state index contributed by atoms with van der Waals surface area (Å²) in [5.74, 6) is 0.0941. The lowest BCUT2D eigenvalue weighted by Crippen LogP contribution is -2.44. The van der Waals surface area contributed by atoms with E-state index in [0.717, 1.165) is 45.0 Å². The third-order valence-electron chi connectivity index (χ3n) is 5.01. The van der Waals surface area contributed by atoms with Gasteiger partial charge in [0.05, 0.1) is 36.8 Å². The highest BCUT2D eigenvalue weighted by atomic mass is 19.1. The molecular formula is C18H24FN5O. The van der Waals surface area contributed by atoms with Crippen LogP contribution in [0, 0.1) is 11.7 Å². The second kappa shape index (κ2) is 7.09. The van der Waals surface area contributed by atoms with Crippen molar-refractivity contribution in [1.82, 2.24) is 19.7 Å². The van der Waals surface area contributed by atoms with Crippen molar-refractivity contribution in [2.75, 3.05) is 37.7 Å². The first-order valence-corrected chi connectivity index (χ1v) is 8.91. The van der Waals surface area contributed by atoms with Crippen LogP contribution in [0.4, 0.5) is 10.1 Å². The van der Waals surface area contributed by atoms with Crippen LogP contribution in [-0.4, -0.2) is 58.6 Å². The lowest BCUT2D eigenvalue weighted by molar-refractivity contribution is 0.0623. The Morgan fingerprint density at radius 1 is 1.24 bits per heavy atom. The van der Waals surface area contributed by atoms with Gasteiger partial charge in [-0.25, -0.2) is 4.39 Å². The van der Waals surface area contributed by atoms with E-state index in [-0.39, 0.29) is 11.9 Å². The second-order valence-corrected chi connectivity index (χ2v) is 6.89. The summed E-state index contributed by atoms with van der Waals surface area (Å²) in [7, 11) is 0. The normalized spacial score (nSPS) is 24.3. The number of aryl methyl sites for hydroxylation is 1. The molecule has 2 aliphatic heterocycles. The van der Waals surface area contributed by atoms with Gasteiger partial charge in [0.15, 0.2) is 5.82 Å². The smallest absolute Gasteiger partial charge is 0.164 e. The van der Waals surface area contributed by atoms with Crippen molar-refractivity contribution in [3.05, 3.63) is 42.2 Å². The Labute approximate surface area is 147 Å². The number of anilines is 1. The van der Waals surface area contributed by atoms with Crippen LogP contribution in [0.3, 0.4) is 0 Å². The second-order valence-electron chi connectivity index (χ2n) is 6.89. The number of pyridine rings is 1. The monoisotopic (exact) mass is 345 g/mol. The van der Waals surface area contributed by atoms with Gasteiger partial charge < -0.3 is 9.64 Å². The Kier molecular flexibility index (Phi) is 4.67. The summed E-state index contributed by atoms with van der Waals surface area (Å²) in [6, 6.07) is 3.99. The molecule has 2 bridgehead atoms. The summed E-state index contributed by atoms with van der Waals surface area (Å²) in [4.78, 5) is 8.47. The third-order valence-corrected chi connectivity index (χ3v) is 5.01. The maximum absolute atomic E-state index is 14.3. The van der Waals surface area contributed by atoms with E-state index in [0.29, 0.717) is 18.2 Å². The van der Waals surface area contributed by atoms with Gasteiger partial charge in [-0.05, 0) is 19.1 Å². The van der Waals surface area contributed by atoms with Crippen molar-refractivity contribution in [3.63, 3.8) is 0 Å². The summed E-state index contributed by atoms with van der Waals surface area (Å²) in [6.07, 6.45) is 4.97. The number of nitrogens with zero attached hydrogens (tertiary/aromatic N) is 5. The lowest BCUT2D eigenvalue weighted by Gasteiger charge is -2.32. The lowest BCUT2D eigenvalue weighted by atomic mass is 10.1. The minimum atomic E-state index is -0.261. The minimum absolute atomic E-state index is 0.137. The Hall–Kier alpha value is -1.99. The molecule has 0 unspecified atom stereocenters. The molecule has 134 valence electrons. The first-order chi connectivity index (χ1) is 12.2. The highest BCUT2D eigenvalue weighted by Gasteiger charge is 2.34. The highest BCUT2D eigenvalue weighted by molar-refractivity contribution is 5.48. The molecular weight excluding hydrogens is 321 g/mol. The van der Waals surface area contributed by atoms with Crippen LogP contribution in [0.2, 0.25) is 0 Å². The van der Waals surface area contributed by atoms with E-state index < -0.39 is 0 Å². The van der Waals surface area contributed by atoms with Gasteiger partial charge in [-0.2, -0.15) is 5.10 Å². The molecule has 6 nitrogen and oxygen atoms in total. The fourth-order valence-electron chi connectivity index (χ4n) is 3.86. The van der Waals surface area contributed by atoms with Gasteiger partial charge in [0, 0.05) is 51.0 Å². The molecule has 2 aromatic heterocycles. The Bertz CT molecular complexity index is 721. The molecule has 0 N–H and O–H groups in total. The molecule has 0 aliphatic carbocycles. The summed E-state index contributed by atoms with van der Waals surface area (Å²) < 4.78 is 22.1. The molecule has 0 saturated carbocycles. The van der Waals surface area contributed by atoms with E-state index in [1.807, 2.05) is 10.9 Å². The first-order valence-electron chi connectivity index (χ1n) is 8.91. The van der Waals surface area contributed by atoms with Crippen LogP contribution < -0.4 is 4.90 Å². The summed E-state index contributed by atoms with van der Waals surface area (Å²) in [5, 5.41) is 4.60. The van der Waals surface area contributed by atoms with Gasteiger partial charge in [-0.3, -0.25) is 14.6 Å². The van der Waals surface area contributed by atoms with Crippen molar-refractivity contribution in [2.45, 2.75) is 26.1 Å². The maximum atomic E-state index is 14.3. The van der Waals surface area contributed by atoms with Crippen molar-refractivity contribution < 1.29 is 9.13 Å². The molecule has 2 atom stereocenters. The molecule has 0 amide bonds. The average molecular weight is 345 g/mol. The molecule has 2 fully saturated rings. The molecule has 25 heavy (non-hydrogen) atoms. The van der Waals surface area contributed by atoms with Crippen LogP contribution >= 0.6 is 0 Å². The van der Waals surface area contributed by atoms with E-state index in [1.54, 1.807) is 12.3 Å². The van der Waals surface area contributed by atoms with Crippen LogP contribution in [-0.2, 0) is 17.8 Å². The zero-order chi connectivity index (χ0) is 17.2. The Morgan fingerprint density at radius 2 is 2.16 bits per heavy atom. The number of halogens is 1. The molecule has 0 radical (unpaired) electrons. The Balaban J connectivity index is 1.54. The van der Waals surface area contributed by atoms with Crippen LogP contribution in [0.25, 0.3) is 0 Å². The molecule has 2 saturated heterocycles. The van der Waals surface area contributed by atoms with E-state index in [2.05, 4.69) is 32.9 Å². The van der Waals surface area contributed by atoms with Gasteiger partial charge in [-0.1, -0.05) is 0 Å². The van der Waals surface area contributed by atoms with E-state index >= 15 is 0 Å². The van der Waals surface area contributed by atoms with Crippen molar-refractivity contribution >= 4 is 5.69 Å². The number of fused-ring (bicyclic) bond motifs is 3. The number of ether oxygens (including phenoxy) is 1. The summed E-state index contributed by atoms with van der Waals surface area (Å²) in [6.45, 7) is 7.74. The topological polar surface area (TPSA) is 46.4 Å². The minimum Gasteiger partial charge on any atom is -0.379 e. The summed E-state index contributed by atoms with van der Waals surface area (Å²) >= 11 is 0. The van der Waals surface area contributed by atoms with E-state index in [1.165, 1.54) is 6.20 Å². The predicted octanol–water partition coefficient (Wildman–Crippen LogP) is 1.77. The van der Waals surface area contributed by atoms with Gasteiger partial charge in [0.2, 0.25) is 0 Å².